The Hall–Kier alpha value is -3.22. The molecule has 12 heteroatoms. The molecular formula is C19H20F3N3O6. The van der Waals surface area contributed by atoms with Crippen LogP contribution in [0.2, 0.25) is 0 Å². The summed E-state index contributed by atoms with van der Waals surface area (Å²) in [5, 5.41) is 19.2. The van der Waals surface area contributed by atoms with Crippen LogP contribution in [0.4, 0.5) is 19.0 Å². The molecule has 2 heterocycles. The highest BCUT2D eigenvalue weighted by Crippen LogP contribution is 2.19. The van der Waals surface area contributed by atoms with E-state index < -0.39 is 30.4 Å². The minimum absolute atomic E-state index is 0.208. The Morgan fingerprint density at radius 3 is 2.52 bits per heavy atom. The number of nitrogens with one attached hydrogen (secondary N) is 1. The highest BCUT2D eigenvalue weighted by molar-refractivity contribution is 5.73. The van der Waals surface area contributed by atoms with Crippen LogP contribution in [0, 0.1) is 0 Å². The molecule has 0 spiro atoms. The molecule has 0 aliphatic carbocycles. The Bertz CT molecular complexity index is 933. The monoisotopic (exact) mass is 443 g/mol. The van der Waals surface area contributed by atoms with Crippen LogP contribution in [-0.4, -0.2) is 58.0 Å². The topological polar surface area (TPSA) is 123 Å². The number of carboxylic acid groups (broad SMARTS) is 1. The van der Waals surface area contributed by atoms with Gasteiger partial charge in [-0.25, -0.2) is 9.59 Å². The van der Waals surface area contributed by atoms with Crippen LogP contribution in [0.5, 0.6) is 0 Å². The largest absolute Gasteiger partial charge is 0.490 e. The number of halogens is 3. The molecule has 31 heavy (non-hydrogen) atoms. The Morgan fingerprint density at radius 1 is 1.29 bits per heavy atom. The number of ether oxygens (including phenoxy) is 2. The number of nitrogens with zero attached hydrogens (tertiary/aromatic N) is 2. The number of aromatic nitrogens is 2. The van der Waals surface area contributed by atoms with Gasteiger partial charge in [-0.05, 0) is 11.6 Å². The second-order valence-electron chi connectivity index (χ2n) is 6.04. The van der Waals surface area contributed by atoms with Crippen molar-refractivity contribution in [2.24, 2.45) is 0 Å². The highest BCUT2D eigenvalue weighted by atomic mass is 19.4. The first kappa shape index (κ1) is 24.1. The number of hydrogen-bond acceptors (Lipinski definition) is 7. The van der Waals surface area contributed by atoms with Gasteiger partial charge in [0.25, 0.3) is 0 Å². The zero-order chi connectivity index (χ0) is 22.9. The number of carbonyl (C=O) groups is 1. The summed E-state index contributed by atoms with van der Waals surface area (Å²) in [4.78, 5) is 24.9. The van der Waals surface area contributed by atoms with Crippen LogP contribution in [0.25, 0.3) is 6.08 Å². The molecule has 1 aromatic heterocycles. The third kappa shape index (κ3) is 7.85. The first-order valence-corrected chi connectivity index (χ1v) is 8.93. The van der Waals surface area contributed by atoms with E-state index >= 15 is 0 Å². The lowest BCUT2D eigenvalue weighted by Gasteiger charge is -2.12. The van der Waals surface area contributed by atoms with Crippen molar-refractivity contribution >= 4 is 17.9 Å². The lowest BCUT2D eigenvalue weighted by atomic mass is 10.2. The molecule has 0 unspecified atom stereocenters. The van der Waals surface area contributed by atoms with Crippen molar-refractivity contribution < 1.29 is 37.7 Å². The number of alkyl halides is 3. The summed E-state index contributed by atoms with van der Waals surface area (Å²) in [6, 6.07) is 11.6. The predicted octanol–water partition coefficient (Wildman–Crippen LogP) is 1.87. The van der Waals surface area contributed by atoms with Crippen LogP contribution in [0.1, 0.15) is 11.8 Å². The first-order valence-electron chi connectivity index (χ1n) is 8.93. The Kier molecular flexibility index (Phi) is 8.73. The van der Waals surface area contributed by atoms with Gasteiger partial charge in [-0.1, -0.05) is 42.5 Å². The maximum absolute atomic E-state index is 12.1. The predicted molar refractivity (Wildman–Crippen MR) is 103 cm³/mol. The molecule has 0 amide bonds. The van der Waals surface area contributed by atoms with Crippen molar-refractivity contribution in [1.82, 2.24) is 9.55 Å². The molecule has 1 fully saturated rings. The third-order valence-electron chi connectivity index (χ3n) is 3.78. The van der Waals surface area contributed by atoms with Gasteiger partial charge in [-0.15, -0.1) is 0 Å². The molecule has 9 nitrogen and oxygen atoms in total. The maximum Gasteiger partial charge on any atom is 0.490 e. The molecule has 0 radical (unpaired) electrons. The Labute approximate surface area is 174 Å². The van der Waals surface area contributed by atoms with Crippen LogP contribution in [0.3, 0.4) is 0 Å². The van der Waals surface area contributed by atoms with E-state index in [0.29, 0.717) is 12.4 Å². The molecule has 1 saturated heterocycles. The minimum atomic E-state index is -5.08. The Balaban J connectivity index is 0.000000423. The van der Waals surface area contributed by atoms with E-state index in [1.807, 2.05) is 42.5 Å². The number of benzene rings is 1. The molecule has 2 aromatic rings. The van der Waals surface area contributed by atoms with Crippen molar-refractivity contribution in [2.75, 3.05) is 25.1 Å². The molecule has 3 rings (SSSR count). The SMILES string of the molecule is O=C(O)C(F)(F)F.O=c1nc(NC/C=C/c2ccccc2)ccn1[C@@H]1CO[C@H](CO)O1. The number of aliphatic hydroxyl groups excluding tert-OH is 1. The van der Waals surface area contributed by atoms with Gasteiger partial charge in [0, 0.05) is 12.7 Å². The zero-order valence-electron chi connectivity index (χ0n) is 16.0. The van der Waals surface area contributed by atoms with Gasteiger partial charge < -0.3 is 25.0 Å². The summed E-state index contributed by atoms with van der Waals surface area (Å²) in [6.45, 7) is 0.520. The quantitative estimate of drug-likeness (QED) is 0.619. The third-order valence-corrected chi connectivity index (χ3v) is 3.78. The van der Waals surface area contributed by atoms with Crippen molar-refractivity contribution in [1.29, 1.82) is 0 Å². The van der Waals surface area contributed by atoms with Gasteiger partial charge in [0.1, 0.15) is 5.82 Å². The summed E-state index contributed by atoms with van der Waals surface area (Å²) in [6.07, 6.45) is -0.779. The van der Waals surface area contributed by atoms with Crippen molar-refractivity contribution in [3.8, 4) is 0 Å². The van der Waals surface area contributed by atoms with Gasteiger partial charge in [0.2, 0.25) is 0 Å². The van der Waals surface area contributed by atoms with Gasteiger partial charge in [-0.3, -0.25) is 4.57 Å². The number of anilines is 1. The van der Waals surface area contributed by atoms with Gasteiger partial charge in [0.15, 0.2) is 12.5 Å². The number of hydrogen-bond donors (Lipinski definition) is 3. The standard InChI is InChI=1S/C17H19N3O4.C2HF3O2/c21-11-16-23-12-15(24-16)20-10-8-14(19-17(20)22)18-9-4-7-13-5-2-1-3-6-13;3-2(4,5)1(6)7/h1-8,10,15-16,21H,9,11-12H2,(H,18,19,22);(H,6,7)/b7-4+;/t15-,16-;/m0./s1. The van der Waals surface area contributed by atoms with Crippen molar-refractivity contribution in [2.45, 2.75) is 18.7 Å². The van der Waals surface area contributed by atoms with E-state index in [1.165, 1.54) is 4.57 Å². The normalized spacial score (nSPS) is 18.5. The zero-order valence-corrected chi connectivity index (χ0v) is 16.0. The molecule has 1 aliphatic heterocycles. The van der Waals surface area contributed by atoms with Crippen LogP contribution in [0.15, 0.2) is 53.5 Å². The van der Waals surface area contributed by atoms with Crippen LogP contribution < -0.4 is 11.0 Å². The smallest absolute Gasteiger partial charge is 0.475 e. The molecule has 0 bridgehead atoms. The fourth-order valence-electron chi connectivity index (χ4n) is 2.34. The highest BCUT2D eigenvalue weighted by Gasteiger charge is 2.38. The molecule has 0 saturated carbocycles. The van der Waals surface area contributed by atoms with Crippen LogP contribution >= 0.6 is 0 Å². The summed E-state index contributed by atoms with van der Waals surface area (Å²) in [7, 11) is 0. The molecule has 1 aromatic carbocycles. The minimum Gasteiger partial charge on any atom is -0.475 e. The molecule has 3 N–H and O–H groups in total. The number of aliphatic hydroxyl groups is 1. The van der Waals surface area contributed by atoms with Gasteiger partial charge >= 0.3 is 17.8 Å². The maximum atomic E-state index is 12.1. The fraction of sp³-hybridized carbons (Fsp3) is 0.316. The molecule has 168 valence electrons. The van der Waals surface area contributed by atoms with Gasteiger partial charge in [0.05, 0.1) is 13.2 Å². The Morgan fingerprint density at radius 2 is 1.97 bits per heavy atom. The van der Waals surface area contributed by atoms with Gasteiger partial charge in [-0.2, -0.15) is 18.2 Å². The first-order chi connectivity index (χ1) is 14.7. The summed E-state index contributed by atoms with van der Waals surface area (Å²) in [5.74, 6) is -2.26. The van der Waals surface area contributed by atoms with E-state index in [-0.39, 0.29) is 13.2 Å². The van der Waals surface area contributed by atoms with E-state index in [1.54, 1.807) is 12.3 Å². The molecular weight excluding hydrogens is 423 g/mol. The molecule has 2 atom stereocenters. The average molecular weight is 443 g/mol. The van der Waals surface area contributed by atoms with Crippen molar-refractivity contribution in [3.05, 3.63) is 64.7 Å². The lowest BCUT2D eigenvalue weighted by molar-refractivity contribution is -0.192. The van der Waals surface area contributed by atoms with Crippen LogP contribution in [-0.2, 0) is 14.3 Å². The fourth-order valence-corrected chi connectivity index (χ4v) is 2.34. The summed E-state index contributed by atoms with van der Waals surface area (Å²) >= 11 is 0. The molecule has 1 aliphatic rings. The number of aliphatic carboxylic acids is 1. The van der Waals surface area contributed by atoms with Crippen molar-refractivity contribution in [3.63, 3.8) is 0 Å². The average Bonchev–Trinajstić information content (AvgIpc) is 3.21. The number of rotatable bonds is 6. The second-order valence-corrected chi connectivity index (χ2v) is 6.04. The van der Waals surface area contributed by atoms with E-state index in [9.17, 15) is 18.0 Å². The van der Waals surface area contributed by atoms with E-state index in [4.69, 9.17) is 24.5 Å². The summed E-state index contributed by atoms with van der Waals surface area (Å²) < 4.78 is 43.7. The number of carboxylic acids is 1. The summed E-state index contributed by atoms with van der Waals surface area (Å²) in [5.41, 5.74) is 0.679. The van der Waals surface area contributed by atoms with E-state index in [2.05, 4.69) is 10.3 Å². The second kappa shape index (κ2) is 11.2. The lowest BCUT2D eigenvalue weighted by Crippen LogP contribution is -2.28. The van der Waals surface area contributed by atoms with E-state index in [0.717, 1.165) is 5.56 Å².